The van der Waals surface area contributed by atoms with Gasteiger partial charge in [0.05, 0.1) is 17.8 Å². The molecule has 0 aliphatic rings. The van der Waals surface area contributed by atoms with Crippen LogP contribution in [0.1, 0.15) is 23.5 Å². The number of anilines is 1. The second-order valence-corrected chi connectivity index (χ2v) is 6.81. The lowest BCUT2D eigenvalue weighted by Crippen LogP contribution is -2.47. The highest BCUT2D eigenvalue weighted by atomic mass is 35.5. The summed E-state index contributed by atoms with van der Waals surface area (Å²) in [6.07, 6.45) is 0. The monoisotopic (exact) mass is 312 g/mol. The number of hydrogen-bond donors (Lipinski definition) is 2. The lowest BCUT2D eigenvalue weighted by Gasteiger charge is -2.33. The van der Waals surface area contributed by atoms with Gasteiger partial charge < -0.3 is 15.7 Å². The molecule has 0 saturated heterocycles. The Labute approximate surface area is 126 Å². The van der Waals surface area contributed by atoms with Crippen LogP contribution < -0.4 is 5.73 Å². The average molecular weight is 313 g/mol. The highest BCUT2D eigenvalue weighted by Gasteiger charge is 2.30. The van der Waals surface area contributed by atoms with E-state index >= 15 is 0 Å². The Morgan fingerprint density at radius 3 is 2.75 bits per heavy atom. The van der Waals surface area contributed by atoms with Gasteiger partial charge in [-0.25, -0.2) is 0 Å². The molecule has 0 unspecified atom stereocenters. The molecule has 1 aromatic heterocycles. The van der Waals surface area contributed by atoms with Gasteiger partial charge in [-0.1, -0.05) is 11.6 Å². The molecule has 4 nitrogen and oxygen atoms in total. The minimum atomic E-state index is -0.642. The summed E-state index contributed by atoms with van der Waals surface area (Å²) in [6, 6.07) is 5.37. The third-order valence-electron chi connectivity index (χ3n) is 3.48. The minimum absolute atomic E-state index is 0.119. The van der Waals surface area contributed by atoms with Crippen LogP contribution in [0, 0.1) is 0 Å². The molecule has 0 fully saturated rings. The van der Waals surface area contributed by atoms with Gasteiger partial charge in [0.1, 0.15) is 4.88 Å². The Kier molecular flexibility index (Phi) is 3.95. The SMILES string of the molecule is CN(C(=O)c1sc2cc(Cl)ccc2c1N)C(C)(C)CO. The topological polar surface area (TPSA) is 66.6 Å². The van der Waals surface area contributed by atoms with E-state index in [9.17, 15) is 9.90 Å². The van der Waals surface area contributed by atoms with Gasteiger partial charge in [-0.15, -0.1) is 11.3 Å². The Morgan fingerprint density at radius 2 is 2.15 bits per heavy atom. The van der Waals surface area contributed by atoms with Gasteiger partial charge in [-0.3, -0.25) is 4.79 Å². The number of rotatable bonds is 3. The van der Waals surface area contributed by atoms with Crippen LogP contribution in [-0.2, 0) is 0 Å². The quantitative estimate of drug-likeness (QED) is 0.915. The summed E-state index contributed by atoms with van der Waals surface area (Å²) in [4.78, 5) is 14.5. The Bertz CT molecular complexity index is 666. The summed E-state index contributed by atoms with van der Waals surface area (Å²) in [5.41, 5.74) is 5.89. The van der Waals surface area contributed by atoms with Gasteiger partial charge in [0.25, 0.3) is 5.91 Å². The zero-order valence-electron chi connectivity index (χ0n) is 11.6. The largest absolute Gasteiger partial charge is 0.397 e. The molecule has 6 heteroatoms. The fraction of sp³-hybridized carbons (Fsp3) is 0.357. The maximum Gasteiger partial charge on any atom is 0.266 e. The number of halogens is 1. The van der Waals surface area contributed by atoms with E-state index in [-0.39, 0.29) is 12.5 Å². The Hall–Kier alpha value is -1.30. The van der Waals surface area contributed by atoms with Crippen LogP contribution in [0.4, 0.5) is 5.69 Å². The van der Waals surface area contributed by atoms with Crippen LogP contribution in [0.2, 0.25) is 5.02 Å². The zero-order valence-corrected chi connectivity index (χ0v) is 13.2. The van der Waals surface area contributed by atoms with Crippen molar-refractivity contribution in [1.29, 1.82) is 0 Å². The third kappa shape index (κ3) is 2.49. The predicted molar refractivity (Wildman–Crippen MR) is 84.5 cm³/mol. The molecule has 20 heavy (non-hydrogen) atoms. The molecule has 108 valence electrons. The number of fused-ring (bicyclic) bond motifs is 1. The number of likely N-dealkylation sites (N-methyl/N-ethyl adjacent to an activating group) is 1. The van der Waals surface area contributed by atoms with Gasteiger partial charge in [-0.2, -0.15) is 0 Å². The Balaban J connectivity index is 2.48. The van der Waals surface area contributed by atoms with E-state index in [1.807, 2.05) is 6.07 Å². The summed E-state index contributed by atoms with van der Waals surface area (Å²) in [5.74, 6) is -0.195. The maximum atomic E-state index is 12.5. The maximum absolute atomic E-state index is 12.5. The molecule has 1 heterocycles. The van der Waals surface area contributed by atoms with Crippen LogP contribution in [-0.4, -0.2) is 35.1 Å². The number of nitrogens with zero attached hydrogens (tertiary/aromatic N) is 1. The lowest BCUT2D eigenvalue weighted by molar-refractivity contribution is 0.0479. The molecule has 0 spiro atoms. The summed E-state index contributed by atoms with van der Waals surface area (Å²) < 4.78 is 0.883. The first-order chi connectivity index (χ1) is 9.27. The number of nitrogen functional groups attached to an aromatic ring is 1. The number of benzene rings is 1. The molecule has 2 rings (SSSR count). The molecule has 0 aliphatic carbocycles. The summed E-state index contributed by atoms with van der Waals surface area (Å²) in [7, 11) is 1.66. The molecular weight excluding hydrogens is 296 g/mol. The molecule has 0 bridgehead atoms. The van der Waals surface area contributed by atoms with Crippen molar-refractivity contribution in [2.24, 2.45) is 0 Å². The van der Waals surface area contributed by atoms with Gasteiger partial charge in [-0.05, 0) is 32.0 Å². The molecule has 0 radical (unpaired) electrons. The number of thiophene rings is 1. The fourth-order valence-corrected chi connectivity index (χ4v) is 3.16. The van der Waals surface area contributed by atoms with Crippen LogP contribution in [0.15, 0.2) is 18.2 Å². The summed E-state index contributed by atoms with van der Waals surface area (Å²) >= 11 is 7.27. The molecule has 1 aromatic carbocycles. The predicted octanol–water partition coefficient (Wildman–Crippen LogP) is 2.98. The van der Waals surface area contributed by atoms with Crippen molar-refractivity contribution in [3.8, 4) is 0 Å². The van der Waals surface area contributed by atoms with E-state index in [2.05, 4.69) is 0 Å². The minimum Gasteiger partial charge on any atom is -0.397 e. The van der Waals surface area contributed by atoms with Crippen molar-refractivity contribution < 1.29 is 9.90 Å². The molecule has 1 amide bonds. The van der Waals surface area contributed by atoms with Gasteiger partial charge >= 0.3 is 0 Å². The number of nitrogens with two attached hydrogens (primary N) is 1. The first kappa shape index (κ1) is 15.1. The number of aliphatic hydroxyl groups is 1. The highest BCUT2D eigenvalue weighted by molar-refractivity contribution is 7.21. The van der Waals surface area contributed by atoms with E-state index in [0.29, 0.717) is 15.6 Å². The molecular formula is C14H17ClN2O2S. The van der Waals surface area contributed by atoms with Gasteiger partial charge in [0.2, 0.25) is 0 Å². The number of amides is 1. The van der Waals surface area contributed by atoms with E-state index in [1.54, 1.807) is 33.0 Å². The van der Waals surface area contributed by atoms with E-state index in [4.69, 9.17) is 17.3 Å². The molecule has 0 saturated carbocycles. The molecule has 0 aliphatic heterocycles. The normalized spacial score (nSPS) is 11.8. The van der Waals surface area contributed by atoms with Crippen molar-refractivity contribution in [2.45, 2.75) is 19.4 Å². The standard InChI is InChI=1S/C14H17ClN2O2S/c1-14(2,7-18)17(3)13(19)12-11(16)9-5-4-8(15)6-10(9)20-12/h4-6,18H,7,16H2,1-3H3. The second-order valence-electron chi connectivity index (χ2n) is 5.32. The number of carbonyl (C=O) groups is 1. The fourth-order valence-electron chi connectivity index (χ4n) is 1.78. The average Bonchev–Trinajstić information content (AvgIpc) is 2.73. The summed E-state index contributed by atoms with van der Waals surface area (Å²) in [6.45, 7) is 3.47. The number of carbonyl (C=O) groups excluding carboxylic acids is 1. The van der Waals surface area contributed by atoms with E-state index < -0.39 is 5.54 Å². The Morgan fingerprint density at radius 1 is 1.50 bits per heavy atom. The lowest BCUT2D eigenvalue weighted by atomic mass is 10.0. The van der Waals surface area contributed by atoms with Crippen molar-refractivity contribution in [2.75, 3.05) is 19.4 Å². The zero-order chi connectivity index (χ0) is 15.1. The second kappa shape index (κ2) is 5.24. The van der Waals surface area contributed by atoms with Crippen LogP contribution >= 0.6 is 22.9 Å². The molecule has 3 N–H and O–H groups in total. The van der Waals surface area contributed by atoms with Crippen molar-refractivity contribution in [1.82, 2.24) is 4.90 Å². The molecule has 2 aromatic rings. The van der Waals surface area contributed by atoms with Gasteiger partial charge in [0, 0.05) is 22.2 Å². The first-order valence-corrected chi connectivity index (χ1v) is 7.34. The molecule has 0 atom stereocenters. The van der Waals surface area contributed by atoms with Crippen molar-refractivity contribution in [3.63, 3.8) is 0 Å². The van der Waals surface area contributed by atoms with E-state index in [1.165, 1.54) is 16.2 Å². The van der Waals surface area contributed by atoms with Crippen molar-refractivity contribution >= 4 is 44.6 Å². The van der Waals surface area contributed by atoms with E-state index in [0.717, 1.165) is 10.1 Å². The van der Waals surface area contributed by atoms with Crippen LogP contribution in [0.5, 0.6) is 0 Å². The first-order valence-electron chi connectivity index (χ1n) is 6.14. The smallest absolute Gasteiger partial charge is 0.266 e. The number of hydrogen-bond acceptors (Lipinski definition) is 4. The van der Waals surface area contributed by atoms with Crippen LogP contribution in [0.3, 0.4) is 0 Å². The summed E-state index contributed by atoms with van der Waals surface area (Å²) in [5, 5.41) is 10.8. The van der Waals surface area contributed by atoms with Crippen LogP contribution in [0.25, 0.3) is 10.1 Å². The van der Waals surface area contributed by atoms with Gasteiger partial charge in [0.15, 0.2) is 0 Å². The number of aliphatic hydroxyl groups excluding tert-OH is 1. The third-order valence-corrected chi connectivity index (χ3v) is 4.88. The highest BCUT2D eigenvalue weighted by Crippen LogP contribution is 2.36. The van der Waals surface area contributed by atoms with Crippen molar-refractivity contribution in [3.05, 3.63) is 28.1 Å².